The van der Waals surface area contributed by atoms with Crippen LogP contribution in [0.5, 0.6) is 0 Å². The summed E-state index contributed by atoms with van der Waals surface area (Å²) in [6.07, 6.45) is 3.49. The largest absolute Gasteiger partial charge is 0.465 e. The number of amides is 2. The molecule has 7 nitrogen and oxygen atoms in total. The molecule has 1 heterocycles. The molecule has 1 aliphatic heterocycles. The molecule has 8 heteroatoms. The average Bonchev–Trinajstić information content (AvgIpc) is 3.16. The van der Waals surface area contributed by atoms with Crippen LogP contribution in [0, 0.1) is 17.8 Å². The smallest absolute Gasteiger partial charge is 0.408 e. The van der Waals surface area contributed by atoms with Crippen molar-refractivity contribution in [1.29, 1.82) is 0 Å². The number of hydrogen-bond acceptors (Lipinski definition) is 5. The Morgan fingerprint density at radius 2 is 1.78 bits per heavy atom. The Balaban J connectivity index is 2.01. The second kappa shape index (κ2) is 11.8. The summed E-state index contributed by atoms with van der Waals surface area (Å²) < 4.78 is 24.5. The van der Waals surface area contributed by atoms with Gasteiger partial charge in [-0.2, -0.15) is 0 Å². The van der Waals surface area contributed by atoms with Crippen LogP contribution in [0.1, 0.15) is 79.6 Å². The molecule has 2 aliphatic rings. The van der Waals surface area contributed by atoms with Gasteiger partial charge in [-0.3, -0.25) is 9.59 Å². The molecule has 0 aromatic rings. The van der Waals surface area contributed by atoms with Crippen LogP contribution in [0.25, 0.3) is 0 Å². The molecule has 1 saturated heterocycles. The maximum atomic E-state index is 13.7. The summed E-state index contributed by atoms with van der Waals surface area (Å²) in [5.41, 5.74) is -0.686. The lowest BCUT2D eigenvalue weighted by Crippen LogP contribution is -2.54. The van der Waals surface area contributed by atoms with Crippen LogP contribution < -0.4 is 5.32 Å². The highest BCUT2D eigenvalue weighted by atomic mass is 19.1. The third-order valence-corrected chi connectivity index (χ3v) is 6.50. The van der Waals surface area contributed by atoms with Crippen molar-refractivity contribution in [3.8, 4) is 0 Å². The highest BCUT2D eigenvalue weighted by molar-refractivity contribution is 5.86. The minimum atomic E-state index is -1.02. The van der Waals surface area contributed by atoms with Crippen LogP contribution in [-0.2, 0) is 19.1 Å². The third-order valence-electron chi connectivity index (χ3n) is 6.50. The zero-order valence-corrected chi connectivity index (χ0v) is 20.3. The van der Waals surface area contributed by atoms with Gasteiger partial charge in [-0.25, -0.2) is 9.18 Å². The van der Waals surface area contributed by atoms with Gasteiger partial charge in [0.15, 0.2) is 0 Å². The SMILES string of the molecule is CCCCOC(=O)C1CCC([C@H](C)[C@H](NC(=O)OC(C)(C)C)C(=O)N2CC[C@H](F)C2)CC1. The first-order valence-corrected chi connectivity index (χ1v) is 12.1. The molecule has 0 radical (unpaired) electrons. The topological polar surface area (TPSA) is 84.9 Å². The van der Waals surface area contributed by atoms with E-state index >= 15 is 0 Å². The third kappa shape index (κ3) is 7.93. The van der Waals surface area contributed by atoms with Gasteiger partial charge >= 0.3 is 12.1 Å². The minimum absolute atomic E-state index is 0.0639. The highest BCUT2D eigenvalue weighted by Gasteiger charge is 2.40. The van der Waals surface area contributed by atoms with Gasteiger partial charge in [0.2, 0.25) is 5.91 Å². The summed E-state index contributed by atoms with van der Waals surface area (Å²) in [6.45, 7) is 10.2. The Kier molecular flexibility index (Phi) is 9.77. The number of hydrogen-bond donors (Lipinski definition) is 1. The average molecular weight is 457 g/mol. The summed E-state index contributed by atoms with van der Waals surface area (Å²) in [5, 5.41) is 2.76. The Labute approximate surface area is 191 Å². The van der Waals surface area contributed by atoms with E-state index < -0.39 is 23.9 Å². The second-order valence-electron chi connectivity index (χ2n) is 10.3. The Morgan fingerprint density at radius 1 is 1.12 bits per heavy atom. The van der Waals surface area contributed by atoms with Gasteiger partial charge in [-0.15, -0.1) is 0 Å². The summed E-state index contributed by atoms with van der Waals surface area (Å²) in [4.78, 5) is 39.5. The fourth-order valence-electron chi connectivity index (χ4n) is 4.55. The van der Waals surface area contributed by atoms with Crippen molar-refractivity contribution in [3.05, 3.63) is 0 Å². The predicted octanol–water partition coefficient (Wildman–Crippen LogP) is 4.24. The van der Waals surface area contributed by atoms with E-state index in [1.54, 1.807) is 20.8 Å². The van der Waals surface area contributed by atoms with E-state index in [1.807, 2.05) is 6.92 Å². The zero-order valence-electron chi connectivity index (χ0n) is 20.3. The summed E-state index contributed by atoms with van der Waals surface area (Å²) >= 11 is 0. The van der Waals surface area contributed by atoms with Gasteiger partial charge < -0.3 is 19.7 Å². The number of alkyl carbamates (subject to hydrolysis) is 1. The summed E-state index contributed by atoms with van der Waals surface area (Å²) in [6, 6.07) is -0.784. The molecule has 0 aromatic heterocycles. The number of ether oxygens (including phenoxy) is 2. The summed E-state index contributed by atoms with van der Waals surface area (Å²) in [7, 11) is 0. The van der Waals surface area contributed by atoms with Crippen molar-refractivity contribution < 1.29 is 28.2 Å². The fraction of sp³-hybridized carbons (Fsp3) is 0.875. The lowest BCUT2D eigenvalue weighted by Gasteiger charge is -2.36. The van der Waals surface area contributed by atoms with E-state index in [-0.39, 0.29) is 36.2 Å². The van der Waals surface area contributed by atoms with Crippen molar-refractivity contribution >= 4 is 18.0 Å². The number of likely N-dealkylation sites (tertiary alicyclic amines) is 1. The van der Waals surface area contributed by atoms with Crippen molar-refractivity contribution in [2.24, 2.45) is 17.8 Å². The molecule has 0 bridgehead atoms. The van der Waals surface area contributed by atoms with E-state index in [1.165, 1.54) is 4.90 Å². The van der Waals surface area contributed by atoms with Crippen LogP contribution in [0.2, 0.25) is 0 Å². The quantitative estimate of drug-likeness (QED) is 0.436. The molecule has 2 fully saturated rings. The van der Waals surface area contributed by atoms with E-state index in [9.17, 15) is 18.8 Å². The number of carbonyl (C=O) groups excluding carboxylic acids is 3. The highest BCUT2D eigenvalue weighted by Crippen LogP contribution is 2.36. The first-order valence-electron chi connectivity index (χ1n) is 12.1. The molecule has 0 unspecified atom stereocenters. The number of unbranched alkanes of at least 4 members (excludes halogenated alkanes) is 1. The van der Waals surface area contributed by atoms with E-state index in [0.717, 1.165) is 25.7 Å². The molecule has 0 aromatic carbocycles. The number of halogens is 1. The van der Waals surface area contributed by atoms with E-state index in [4.69, 9.17) is 9.47 Å². The molecule has 0 spiro atoms. The Bertz CT molecular complexity index is 643. The lowest BCUT2D eigenvalue weighted by molar-refractivity contribution is -0.150. The molecule has 184 valence electrons. The predicted molar refractivity (Wildman–Crippen MR) is 120 cm³/mol. The van der Waals surface area contributed by atoms with Crippen LogP contribution in [-0.4, -0.2) is 60.4 Å². The molecular formula is C24H41FN2O5. The molecule has 1 aliphatic carbocycles. The number of rotatable bonds is 8. The standard InChI is InChI=1S/C24H41FN2O5/c1-6-7-14-31-22(29)18-10-8-17(9-11-18)16(2)20(26-23(30)32-24(3,4)5)21(28)27-13-12-19(25)15-27/h16-20H,6-15H2,1-5H3,(H,26,30)/t16-,17?,18?,19-,20-/m0/s1. The maximum Gasteiger partial charge on any atom is 0.408 e. The maximum absolute atomic E-state index is 13.7. The monoisotopic (exact) mass is 456 g/mol. The Hall–Kier alpha value is -1.86. The second-order valence-corrected chi connectivity index (χ2v) is 10.3. The first kappa shape index (κ1) is 26.4. The van der Waals surface area contributed by atoms with Crippen LogP contribution in [0.15, 0.2) is 0 Å². The van der Waals surface area contributed by atoms with Gasteiger partial charge in [0.1, 0.15) is 17.8 Å². The van der Waals surface area contributed by atoms with Gasteiger partial charge in [0, 0.05) is 6.54 Å². The molecule has 1 N–H and O–H groups in total. The van der Waals surface area contributed by atoms with Gasteiger partial charge in [0.05, 0.1) is 19.1 Å². The first-order chi connectivity index (χ1) is 15.0. The molecule has 3 atom stereocenters. The van der Waals surface area contributed by atoms with Gasteiger partial charge in [-0.1, -0.05) is 20.3 Å². The number of nitrogens with zero attached hydrogens (tertiary/aromatic N) is 1. The molecule has 2 rings (SSSR count). The van der Waals surface area contributed by atoms with Gasteiger partial charge in [-0.05, 0) is 71.1 Å². The Morgan fingerprint density at radius 3 is 2.31 bits per heavy atom. The lowest BCUT2D eigenvalue weighted by atomic mass is 9.74. The van der Waals surface area contributed by atoms with E-state index in [0.29, 0.717) is 32.4 Å². The van der Waals surface area contributed by atoms with Crippen molar-refractivity contribution in [2.75, 3.05) is 19.7 Å². The van der Waals surface area contributed by atoms with Gasteiger partial charge in [0.25, 0.3) is 0 Å². The van der Waals surface area contributed by atoms with Crippen molar-refractivity contribution in [3.63, 3.8) is 0 Å². The zero-order chi connectivity index (χ0) is 23.9. The molecule has 1 saturated carbocycles. The number of alkyl halides is 1. The number of nitrogens with one attached hydrogen (secondary N) is 1. The fourth-order valence-corrected chi connectivity index (χ4v) is 4.55. The van der Waals surface area contributed by atoms with E-state index in [2.05, 4.69) is 12.2 Å². The van der Waals surface area contributed by atoms with Crippen LogP contribution >= 0.6 is 0 Å². The van der Waals surface area contributed by atoms with Crippen LogP contribution in [0.4, 0.5) is 9.18 Å². The normalized spacial score (nSPS) is 25.7. The molecular weight excluding hydrogens is 415 g/mol. The summed E-state index contributed by atoms with van der Waals surface area (Å²) in [5.74, 6) is -0.484. The van der Waals surface area contributed by atoms with Crippen molar-refractivity contribution in [1.82, 2.24) is 10.2 Å². The molecule has 2 amide bonds. The minimum Gasteiger partial charge on any atom is -0.465 e. The number of carbonyl (C=O) groups is 3. The number of esters is 1. The van der Waals surface area contributed by atoms with Crippen LogP contribution in [0.3, 0.4) is 0 Å². The molecule has 32 heavy (non-hydrogen) atoms. The van der Waals surface area contributed by atoms with Crippen molar-refractivity contribution in [2.45, 2.75) is 97.4 Å².